The summed E-state index contributed by atoms with van der Waals surface area (Å²) in [5.74, 6) is 0.266. The van der Waals surface area contributed by atoms with Gasteiger partial charge in [-0.1, -0.05) is 48.0 Å². The van der Waals surface area contributed by atoms with Crippen LogP contribution in [0.4, 0.5) is 5.69 Å². The Balaban J connectivity index is 1.30. The van der Waals surface area contributed by atoms with Crippen molar-refractivity contribution in [2.75, 3.05) is 38.2 Å². The van der Waals surface area contributed by atoms with Crippen molar-refractivity contribution >= 4 is 29.1 Å². The van der Waals surface area contributed by atoms with E-state index < -0.39 is 0 Å². The van der Waals surface area contributed by atoms with Gasteiger partial charge in [-0.05, 0) is 41.5 Å². The molecule has 5 rings (SSSR count). The highest BCUT2D eigenvalue weighted by atomic mass is 35.5. The lowest BCUT2D eigenvalue weighted by atomic mass is 10.1. The predicted molar refractivity (Wildman–Crippen MR) is 133 cm³/mol. The van der Waals surface area contributed by atoms with Crippen LogP contribution in [0.15, 0.2) is 66.7 Å². The average Bonchev–Trinajstić information content (AvgIpc) is 3.11. The Labute approximate surface area is 204 Å². The third kappa shape index (κ3) is 4.27. The van der Waals surface area contributed by atoms with Crippen molar-refractivity contribution in [2.45, 2.75) is 13.1 Å². The van der Waals surface area contributed by atoms with Gasteiger partial charge in [-0.3, -0.25) is 19.4 Å². The Kier molecular flexibility index (Phi) is 6.26. The molecule has 3 aromatic rings. The molecule has 0 unspecified atom stereocenters. The quantitative estimate of drug-likeness (QED) is 0.492. The molecule has 0 spiro atoms. The SMILES string of the molecule is COc1ccc(CN2C(=O)c3cccc(N4CCN(Cc5ccccc5Cl)CC4)c3C2=O)cc1. The number of amides is 2. The topological polar surface area (TPSA) is 53.1 Å². The Bertz CT molecular complexity index is 1220. The molecule has 2 aliphatic heterocycles. The van der Waals surface area contributed by atoms with Crippen molar-refractivity contribution in [1.82, 2.24) is 9.80 Å². The Hall–Kier alpha value is -3.35. The number of methoxy groups -OCH3 is 1. The molecule has 0 aromatic heterocycles. The zero-order chi connectivity index (χ0) is 23.7. The van der Waals surface area contributed by atoms with Crippen molar-refractivity contribution in [3.63, 3.8) is 0 Å². The Morgan fingerprint density at radius 1 is 0.824 bits per heavy atom. The number of hydrogen-bond donors (Lipinski definition) is 0. The highest BCUT2D eigenvalue weighted by Gasteiger charge is 2.38. The minimum absolute atomic E-state index is 0.232. The van der Waals surface area contributed by atoms with Crippen LogP contribution < -0.4 is 9.64 Å². The minimum atomic E-state index is -0.241. The second-order valence-electron chi connectivity index (χ2n) is 8.60. The van der Waals surface area contributed by atoms with Gasteiger partial charge in [-0.15, -0.1) is 0 Å². The first-order valence-corrected chi connectivity index (χ1v) is 11.8. The molecule has 0 N–H and O–H groups in total. The van der Waals surface area contributed by atoms with Gasteiger partial charge < -0.3 is 9.64 Å². The lowest BCUT2D eigenvalue weighted by Gasteiger charge is -2.36. The summed E-state index contributed by atoms with van der Waals surface area (Å²) in [5.41, 5.74) is 3.83. The number of nitrogens with zero attached hydrogens (tertiary/aromatic N) is 3. The van der Waals surface area contributed by atoms with E-state index in [1.54, 1.807) is 13.2 Å². The number of fused-ring (bicyclic) bond motifs is 1. The molecule has 3 aromatic carbocycles. The largest absolute Gasteiger partial charge is 0.497 e. The molecule has 2 aliphatic rings. The molecule has 0 radical (unpaired) electrons. The number of carbonyl (C=O) groups is 2. The number of carbonyl (C=O) groups excluding carboxylic acids is 2. The number of ether oxygens (including phenoxy) is 1. The van der Waals surface area contributed by atoms with Crippen molar-refractivity contribution in [2.24, 2.45) is 0 Å². The lowest BCUT2D eigenvalue weighted by molar-refractivity contribution is 0.0642. The molecular formula is C27H26ClN3O3. The van der Waals surface area contributed by atoms with Crippen LogP contribution in [0.25, 0.3) is 0 Å². The summed E-state index contributed by atoms with van der Waals surface area (Å²) in [6, 6.07) is 20.9. The first kappa shape index (κ1) is 22.4. The zero-order valence-electron chi connectivity index (χ0n) is 19.0. The van der Waals surface area contributed by atoms with Gasteiger partial charge in [-0.25, -0.2) is 0 Å². The van der Waals surface area contributed by atoms with E-state index >= 15 is 0 Å². The molecule has 2 heterocycles. The Morgan fingerprint density at radius 2 is 1.56 bits per heavy atom. The fourth-order valence-corrected chi connectivity index (χ4v) is 4.85. The number of anilines is 1. The number of halogens is 1. The fraction of sp³-hybridized carbons (Fsp3) is 0.259. The molecule has 34 heavy (non-hydrogen) atoms. The second-order valence-corrected chi connectivity index (χ2v) is 9.01. The van der Waals surface area contributed by atoms with Gasteiger partial charge >= 0.3 is 0 Å². The Morgan fingerprint density at radius 3 is 2.26 bits per heavy atom. The molecule has 174 valence electrons. The van der Waals surface area contributed by atoms with Crippen molar-refractivity contribution in [3.05, 3.63) is 94.0 Å². The molecular weight excluding hydrogens is 450 g/mol. The highest BCUT2D eigenvalue weighted by Crippen LogP contribution is 2.33. The summed E-state index contributed by atoms with van der Waals surface area (Å²) < 4.78 is 5.20. The fourth-order valence-electron chi connectivity index (χ4n) is 4.65. The molecule has 1 fully saturated rings. The molecule has 0 atom stereocenters. The lowest BCUT2D eigenvalue weighted by Crippen LogP contribution is -2.46. The number of rotatable bonds is 6. The molecule has 6 nitrogen and oxygen atoms in total. The summed E-state index contributed by atoms with van der Waals surface area (Å²) in [7, 11) is 1.61. The maximum Gasteiger partial charge on any atom is 0.263 e. The first-order chi connectivity index (χ1) is 16.5. The maximum atomic E-state index is 13.4. The van der Waals surface area contributed by atoms with E-state index in [-0.39, 0.29) is 18.4 Å². The van der Waals surface area contributed by atoms with Crippen LogP contribution in [0.2, 0.25) is 5.02 Å². The third-order valence-corrected chi connectivity index (χ3v) is 6.91. The first-order valence-electron chi connectivity index (χ1n) is 11.4. The predicted octanol–water partition coefficient (Wildman–Crippen LogP) is 4.47. The van der Waals surface area contributed by atoms with Crippen LogP contribution in [-0.4, -0.2) is 54.9 Å². The van der Waals surface area contributed by atoms with Gasteiger partial charge in [0.25, 0.3) is 11.8 Å². The van der Waals surface area contributed by atoms with Gasteiger partial charge in [0, 0.05) is 37.7 Å². The molecule has 2 amide bonds. The van der Waals surface area contributed by atoms with Crippen molar-refractivity contribution < 1.29 is 14.3 Å². The van der Waals surface area contributed by atoms with Gasteiger partial charge in [0.05, 0.1) is 30.5 Å². The number of piperazine rings is 1. The third-order valence-electron chi connectivity index (χ3n) is 6.54. The van der Waals surface area contributed by atoms with Crippen molar-refractivity contribution in [1.29, 1.82) is 0 Å². The number of imide groups is 1. The van der Waals surface area contributed by atoms with Gasteiger partial charge in [0.15, 0.2) is 0 Å². The number of hydrogen-bond acceptors (Lipinski definition) is 5. The molecule has 0 aliphatic carbocycles. The van der Waals surface area contributed by atoms with E-state index in [1.807, 2.05) is 54.6 Å². The summed E-state index contributed by atoms with van der Waals surface area (Å²) >= 11 is 6.33. The number of benzene rings is 3. The van der Waals surface area contributed by atoms with E-state index in [4.69, 9.17) is 16.3 Å². The minimum Gasteiger partial charge on any atom is -0.497 e. The normalized spacial score (nSPS) is 16.2. The average molecular weight is 476 g/mol. The van der Waals surface area contributed by atoms with E-state index in [0.717, 1.165) is 60.3 Å². The van der Waals surface area contributed by atoms with E-state index in [2.05, 4.69) is 15.9 Å². The van der Waals surface area contributed by atoms with Gasteiger partial charge in [0.2, 0.25) is 0 Å². The smallest absolute Gasteiger partial charge is 0.263 e. The molecule has 7 heteroatoms. The molecule has 0 bridgehead atoms. The van der Waals surface area contributed by atoms with Crippen LogP contribution >= 0.6 is 11.6 Å². The molecule has 0 saturated carbocycles. The summed E-state index contributed by atoms with van der Waals surface area (Å²) in [6.07, 6.45) is 0. The van der Waals surface area contributed by atoms with E-state index in [0.29, 0.717) is 11.1 Å². The molecule has 1 saturated heterocycles. The summed E-state index contributed by atoms with van der Waals surface area (Å²) in [4.78, 5) is 32.4. The van der Waals surface area contributed by atoms with Gasteiger partial charge in [0.1, 0.15) is 5.75 Å². The van der Waals surface area contributed by atoms with Crippen LogP contribution in [0.1, 0.15) is 31.8 Å². The van der Waals surface area contributed by atoms with Crippen LogP contribution in [0, 0.1) is 0 Å². The van der Waals surface area contributed by atoms with Gasteiger partial charge in [-0.2, -0.15) is 0 Å². The van der Waals surface area contributed by atoms with Crippen LogP contribution in [0.3, 0.4) is 0 Å². The zero-order valence-corrected chi connectivity index (χ0v) is 19.8. The van der Waals surface area contributed by atoms with E-state index in [9.17, 15) is 9.59 Å². The highest BCUT2D eigenvalue weighted by molar-refractivity contribution is 6.31. The monoisotopic (exact) mass is 475 g/mol. The van der Waals surface area contributed by atoms with Crippen molar-refractivity contribution in [3.8, 4) is 5.75 Å². The van der Waals surface area contributed by atoms with E-state index in [1.165, 1.54) is 4.90 Å². The standard InChI is InChI=1S/C27H26ClN3O3/c1-34-21-11-9-19(10-12-21)17-31-26(32)22-6-4-8-24(25(22)27(31)33)30-15-13-29(14-16-30)18-20-5-2-3-7-23(20)28/h2-12H,13-18H2,1H3. The second kappa shape index (κ2) is 9.49. The summed E-state index contributed by atoms with van der Waals surface area (Å²) in [5, 5.41) is 0.784. The van der Waals surface area contributed by atoms with Crippen LogP contribution in [0.5, 0.6) is 5.75 Å². The summed E-state index contributed by atoms with van der Waals surface area (Å²) in [6.45, 7) is 4.30. The maximum absolute atomic E-state index is 13.4. The van der Waals surface area contributed by atoms with Crippen LogP contribution in [-0.2, 0) is 13.1 Å².